The first-order chi connectivity index (χ1) is 9.61. The minimum atomic E-state index is -0.904. The van der Waals surface area contributed by atoms with Gasteiger partial charge in [0.15, 0.2) is 0 Å². The van der Waals surface area contributed by atoms with Crippen LogP contribution in [0.15, 0.2) is 0 Å². The number of morpholine rings is 1. The Morgan fingerprint density at radius 1 is 1.35 bits per heavy atom. The van der Waals surface area contributed by atoms with Crippen molar-refractivity contribution >= 4 is 12.0 Å². The summed E-state index contributed by atoms with van der Waals surface area (Å²) in [7, 11) is 0. The van der Waals surface area contributed by atoms with Gasteiger partial charge in [0.1, 0.15) is 0 Å². The lowest BCUT2D eigenvalue weighted by molar-refractivity contribution is -0.141. The number of ether oxygens (including phenoxy) is 2. The van der Waals surface area contributed by atoms with Crippen LogP contribution in [0.3, 0.4) is 0 Å². The van der Waals surface area contributed by atoms with Gasteiger partial charge in [-0.2, -0.15) is 0 Å². The highest BCUT2D eigenvalue weighted by molar-refractivity contribution is 5.75. The molecule has 7 nitrogen and oxygen atoms in total. The highest BCUT2D eigenvalue weighted by Gasteiger charge is 2.42. The summed E-state index contributed by atoms with van der Waals surface area (Å²) < 4.78 is 11.1. The molecule has 0 radical (unpaired) electrons. The van der Waals surface area contributed by atoms with Crippen LogP contribution >= 0.6 is 0 Å². The van der Waals surface area contributed by atoms with Crippen molar-refractivity contribution in [1.29, 1.82) is 0 Å². The standard InChI is InChI=1S/C13H20N2O5/c16-12(17)6-9-7-15(3-4-19-9)13(18)14-10-5-8-1-2-11(10)20-8/h8-11H,1-7H2,(H,14,18)(H,16,17). The summed E-state index contributed by atoms with van der Waals surface area (Å²) in [5, 5.41) is 11.8. The van der Waals surface area contributed by atoms with Gasteiger partial charge in [0.2, 0.25) is 0 Å². The van der Waals surface area contributed by atoms with Gasteiger partial charge >= 0.3 is 12.0 Å². The van der Waals surface area contributed by atoms with E-state index in [1.54, 1.807) is 4.90 Å². The predicted octanol–water partition coefficient (Wildman–Crippen LogP) is 0.191. The van der Waals surface area contributed by atoms with Crippen LogP contribution < -0.4 is 5.32 Å². The first-order valence-electron chi connectivity index (χ1n) is 7.16. The van der Waals surface area contributed by atoms with E-state index in [1.165, 1.54) is 0 Å². The zero-order chi connectivity index (χ0) is 14.1. The molecule has 2 N–H and O–H groups in total. The third-order valence-electron chi connectivity index (χ3n) is 4.24. The summed E-state index contributed by atoms with van der Waals surface area (Å²) in [6.07, 6.45) is 2.97. The average molecular weight is 284 g/mol. The molecule has 0 spiro atoms. The Kier molecular flexibility index (Phi) is 3.80. The molecule has 3 aliphatic rings. The van der Waals surface area contributed by atoms with Gasteiger partial charge in [-0.05, 0) is 19.3 Å². The van der Waals surface area contributed by atoms with Crippen LogP contribution in [0.5, 0.6) is 0 Å². The number of aliphatic carboxylic acids is 1. The topological polar surface area (TPSA) is 88.1 Å². The smallest absolute Gasteiger partial charge is 0.317 e. The molecule has 3 saturated heterocycles. The first kappa shape index (κ1) is 13.6. The zero-order valence-electron chi connectivity index (χ0n) is 11.3. The van der Waals surface area contributed by atoms with Gasteiger partial charge in [-0.15, -0.1) is 0 Å². The number of carboxylic acid groups (broad SMARTS) is 1. The quantitative estimate of drug-likeness (QED) is 0.772. The average Bonchev–Trinajstić information content (AvgIpc) is 3.00. The van der Waals surface area contributed by atoms with Crippen LogP contribution in [0.1, 0.15) is 25.7 Å². The van der Waals surface area contributed by atoms with E-state index in [2.05, 4.69) is 5.32 Å². The van der Waals surface area contributed by atoms with E-state index in [9.17, 15) is 9.59 Å². The number of carbonyl (C=O) groups excluding carboxylic acids is 1. The summed E-state index contributed by atoms with van der Waals surface area (Å²) in [5.74, 6) is -0.904. The van der Waals surface area contributed by atoms with Crippen molar-refractivity contribution in [3.05, 3.63) is 0 Å². The lowest BCUT2D eigenvalue weighted by Gasteiger charge is -2.33. The number of hydrogen-bond donors (Lipinski definition) is 2. The molecule has 0 aromatic heterocycles. The van der Waals surface area contributed by atoms with Crippen molar-refractivity contribution in [1.82, 2.24) is 10.2 Å². The molecule has 0 aromatic carbocycles. The van der Waals surface area contributed by atoms with Gasteiger partial charge in [-0.1, -0.05) is 0 Å². The van der Waals surface area contributed by atoms with Gasteiger partial charge in [-0.3, -0.25) is 4.79 Å². The Morgan fingerprint density at radius 3 is 2.85 bits per heavy atom. The molecule has 3 rings (SSSR count). The van der Waals surface area contributed by atoms with Crippen LogP contribution in [-0.4, -0.2) is 66.1 Å². The van der Waals surface area contributed by atoms with E-state index < -0.39 is 12.1 Å². The molecule has 2 amide bonds. The number of nitrogens with zero attached hydrogens (tertiary/aromatic N) is 1. The van der Waals surface area contributed by atoms with E-state index in [0.717, 1.165) is 19.3 Å². The van der Waals surface area contributed by atoms with Crippen molar-refractivity contribution in [2.75, 3.05) is 19.7 Å². The van der Waals surface area contributed by atoms with Crippen molar-refractivity contribution in [3.8, 4) is 0 Å². The van der Waals surface area contributed by atoms with Gasteiger partial charge in [0.05, 0.1) is 37.4 Å². The van der Waals surface area contributed by atoms with Gasteiger partial charge in [0, 0.05) is 13.1 Å². The number of nitrogens with one attached hydrogen (secondary N) is 1. The largest absolute Gasteiger partial charge is 0.481 e. The summed E-state index contributed by atoms with van der Waals surface area (Å²) in [6.45, 7) is 1.22. The summed E-state index contributed by atoms with van der Waals surface area (Å²) >= 11 is 0. The van der Waals surface area contributed by atoms with E-state index >= 15 is 0 Å². The summed E-state index contributed by atoms with van der Waals surface area (Å²) in [5.41, 5.74) is 0. The molecule has 0 saturated carbocycles. The molecule has 3 aliphatic heterocycles. The van der Waals surface area contributed by atoms with Crippen molar-refractivity contribution in [2.45, 2.75) is 50.0 Å². The van der Waals surface area contributed by atoms with E-state index in [1.807, 2.05) is 0 Å². The maximum atomic E-state index is 12.2. The molecular weight excluding hydrogens is 264 g/mol. The molecule has 0 aromatic rings. The number of carboxylic acids is 1. The van der Waals surface area contributed by atoms with Gasteiger partial charge < -0.3 is 24.8 Å². The molecule has 112 valence electrons. The molecule has 20 heavy (non-hydrogen) atoms. The van der Waals surface area contributed by atoms with Crippen molar-refractivity contribution in [2.24, 2.45) is 0 Å². The second kappa shape index (κ2) is 5.57. The number of amides is 2. The second-order valence-electron chi connectivity index (χ2n) is 5.70. The van der Waals surface area contributed by atoms with Crippen LogP contribution in [0.4, 0.5) is 4.79 Å². The Hall–Kier alpha value is -1.34. The van der Waals surface area contributed by atoms with Crippen LogP contribution in [0.2, 0.25) is 0 Å². The Labute approximate surface area is 117 Å². The normalized spacial score (nSPS) is 36.1. The minimum absolute atomic E-state index is 0.0684. The number of rotatable bonds is 3. The van der Waals surface area contributed by atoms with E-state index in [-0.39, 0.29) is 24.6 Å². The van der Waals surface area contributed by atoms with Gasteiger partial charge in [0.25, 0.3) is 0 Å². The fraction of sp³-hybridized carbons (Fsp3) is 0.846. The second-order valence-corrected chi connectivity index (χ2v) is 5.70. The summed E-state index contributed by atoms with van der Waals surface area (Å²) in [4.78, 5) is 24.6. The van der Waals surface area contributed by atoms with Crippen molar-refractivity contribution < 1.29 is 24.2 Å². The lowest BCUT2D eigenvalue weighted by atomic mass is 9.96. The highest BCUT2D eigenvalue weighted by atomic mass is 16.5. The number of carbonyl (C=O) groups is 2. The molecular formula is C13H20N2O5. The third kappa shape index (κ3) is 2.88. The number of urea groups is 1. The van der Waals surface area contributed by atoms with Crippen molar-refractivity contribution in [3.63, 3.8) is 0 Å². The van der Waals surface area contributed by atoms with Crippen LogP contribution in [0, 0.1) is 0 Å². The fourth-order valence-electron chi connectivity index (χ4n) is 3.26. The predicted molar refractivity (Wildman–Crippen MR) is 68.4 cm³/mol. The lowest BCUT2D eigenvalue weighted by Crippen LogP contribution is -2.53. The van der Waals surface area contributed by atoms with E-state index in [4.69, 9.17) is 14.6 Å². The number of hydrogen-bond acceptors (Lipinski definition) is 4. The van der Waals surface area contributed by atoms with Crippen LogP contribution in [0.25, 0.3) is 0 Å². The monoisotopic (exact) mass is 284 g/mol. The fourth-order valence-corrected chi connectivity index (χ4v) is 3.26. The Bertz CT molecular complexity index is 402. The molecule has 3 fully saturated rings. The minimum Gasteiger partial charge on any atom is -0.481 e. The number of fused-ring (bicyclic) bond motifs is 2. The maximum Gasteiger partial charge on any atom is 0.317 e. The molecule has 2 bridgehead atoms. The molecule has 7 heteroatoms. The molecule has 4 atom stereocenters. The Balaban J connectivity index is 1.50. The Morgan fingerprint density at radius 2 is 2.20 bits per heavy atom. The SMILES string of the molecule is O=C(O)CC1CN(C(=O)NC2CC3CCC2O3)CCO1. The summed E-state index contributed by atoms with van der Waals surface area (Å²) in [6, 6.07) is -0.0353. The first-order valence-corrected chi connectivity index (χ1v) is 7.16. The van der Waals surface area contributed by atoms with E-state index in [0.29, 0.717) is 25.8 Å². The third-order valence-corrected chi connectivity index (χ3v) is 4.24. The maximum absolute atomic E-state index is 12.2. The molecule has 4 unspecified atom stereocenters. The highest BCUT2D eigenvalue weighted by Crippen LogP contribution is 2.34. The van der Waals surface area contributed by atoms with Crippen LogP contribution in [-0.2, 0) is 14.3 Å². The molecule has 3 heterocycles. The zero-order valence-corrected chi connectivity index (χ0v) is 11.3. The molecule has 0 aliphatic carbocycles. The van der Waals surface area contributed by atoms with Gasteiger partial charge in [-0.25, -0.2) is 4.79 Å².